The van der Waals surface area contributed by atoms with Gasteiger partial charge in [0, 0.05) is 12.0 Å². The van der Waals surface area contributed by atoms with Gasteiger partial charge in [0.05, 0.1) is 0 Å². The van der Waals surface area contributed by atoms with E-state index >= 15 is 0 Å². The Labute approximate surface area is 154 Å². The van der Waals surface area contributed by atoms with Crippen molar-refractivity contribution < 1.29 is 14.3 Å². The summed E-state index contributed by atoms with van der Waals surface area (Å²) in [5.41, 5.74) is -0.710. The van der Waals surface area contributed by atoms with Crippen LogP contribution in [0.2, 0.25) is 0 Å². The Morgan fingerprint density at radius 3 is 2.69 bits per heavy atom. The summed E-state index contributed by atoms with van der Waals surface area (Å²) in [7, 11) is 0. The highest BCUT2D eigenvalue weighted by Crippen LogP contribution is 2.31. The second kappa shape index (κ2) is 6.94. The largest absolute Gasteiger partial charge is 0.474 e. The third-order valence-electron chi connectivity index (χ3n) is 4.25. The van der Waals surface area contributed by atoms with Crippen LogP contribution >= 0.6 is 0 Å². The predicted octanol–water partition coefficient (Wildman–Crippen LogP) is 4.66. The second-order valence-corrected chi connectivity index (χ2v) is 7.54. The third kappa shape index (κ3) is 3.64. The number of benzene rings is 2. The maximum Gasteiger partial charge on any atom is 0.338 e. The molecule has 0 bridgehead atoms. The molecular formula is C22H25NO3. The topological polar surface area (TPSA) is 47.9 Å². The van der Waals surface area contributed by atoms with E-state index < -0.39 is 11.1 Å². The monoisotopic (exact) mass is 351 g/mol. The molecule has 2 aromatic rings. The number of hydrogen-bond donors (Lipinski definition) is 0. The van der Waals surface area contributed by atoms with E-state index in [-0.39, 0.29) is 12.6 Å². The minimum Gasteiger partial charge on any atom is -0.474 e. The fourth-order valence-corrected chi connectivity index (χ4v) is 2.97. The molecule has 4 nitrogen and oxygen atoms in total. The van der Waals surface area contributed by atoms with Crippen LogP contribution in [0.15, 0.2) is 59.6 Å². The molecule has 1 atom stereocenters. The first kappa shape index (κ1) is 18.2. The van der Waals surface area contributed by atoms with E-state index in [2.05, 4.69) is 12.1 Å². The lowest BCUT2D eigenvalue weighted by molar-refractivity contribution is -0.161. The van der Waals surface area contributed by atoms with Gasteiger partial charge in [-0.15, -0.1) is 0 Å². The molecule has 0 aliphatic carbocycles. The lowest BCUT2D eigenvalue weighted by Gasteiger charge is -2.27. The SMILES string of the molecule is C/C=C/C[C@]1(C(=O)OC(C)(C)C)COC(c2cccc3ccccc23)=N1. The van der Waals surface area contributed by atoms with Gasteiger partial charge in [-0.25, -0.2) is 9.79 Å². The molecular weight excluding hydrogens is 326 g/mol. The molecule has 0 N–H and O–H groups in total. The van der Waals surface area contributed by atoms with Crippen molar-refractivity contribution in [1.82, 2.24) is 0 Å². The predicted molar refractivity (Wildman–Crippen MR) is 104 cm³/mol. The van der Waals surface area contributed by atoms with Crippen LogP contribution in [-0.4, -0.2) is 29.6 Å². The molecule has 3 rings (SSSR count). The van der Waals surface area contributed by atoms with Crippen molar-refractivity contribution in [2.45, 2.75) is 45.3 Å². The molecule has 0 spiro atoms. The summed E-state index contributed by atoms with van der Waals surface area (Å²) < 4.78 is 11.5. The van der Waals surface area contributed by atoms with Crippen molar-refractivity contribution in [3.8, 4) is 0 Å². The number of fused-ring (bicyclic) bond motifs is 1. The van der Waals surface area contributed by atoms with E-state index in [1.54, 1.807) is 0 Å². The normalized spacial score (nSPS) is 20.2. The van der Waals surface area contributed by atoms with E-state index in [1.807, 2.05) is 70.2 Å². The first-order chi connectivity index (χ1) is 12.3. The van der Waals surface area contributed by atoms with Crippen molar-refractivity contribution in [1.29, 1.82) is 0 Å². The number of hydrogen-bond acceptors (Lipinski definition) is 4. The number of ether oxygens (including phenoxy) is 2. The van der Waals surface area contributed by atoms with E-state index in [0.717, 1.165) is 16.3 Å². The first-order valence-corrected chi connectivity index (χ1v) is 8.90. The fraction of sp³-hybridized carbons (Fsp3) is 0.364. The van der Waals surface area contributed by atoms with Gasteiger partial charge in [-0.3, -0.25) is 0 Å². The van der Waals surface area contributed by atoms with Gasteiger partial charge >= 0.3 is 5.97 Å². The van der Waals surface area contributed by atoms with Gasteiger partial charge in [0.2, 0.25) is 5.90 Å². The van der Waals surface area contributed by atoms with Gasteiger partial charge in [0.25, 0.3) is 0 Å². The smallest absolute Gasteiger partial charge is 0.338 e. The molecule has 0 unspecified atom stereocenters. The minimum atomic E-state index is -1.04. The molecule has 136 valence electrons. The van der Waals surface area contributed by atoms with Crippen LogP contribution in [0.4, 0.5) is 0 Å². The van der Waals surface area contributed by atoms with Gasteiger partial charge in [0.1, 0.15) is 12.2 Å². The van der Waals surface area contributed by atoms with Crippen molar-refractivity contribution >= 4 is 22.6 Å². The summed E-state index contributed by atoms with van der Waals surface area (Å²) in [6.45, 7) is 7.69. The Balaban J connectivity index is 2.03. The van der Waals surface area contributed by atoms with Crippen LogP contribution in [0, 0.1) is 0 Å². The quantitative estimate of drug-likeness (QED) is 0.594. The molecule has 0 fully saturated rings. The standard InChI is InChI=1S/C22H25NO3/c1-5-6-14-22(20(24)26-21(2,3)4)15-25-19(23-22)18-13-9-11-16-10-7-8-12-17(16)18/h5-13H,14-15H2,1-4H3/b6-5+/t22-/m1/s1. The fourth-order valence-electron chi connectivity index (χ4n) is 2.97. The van der Waals surface area contributed by atoms with Crippen molar-refractivity contribution in [2.24, 2.45) is 4.99 Å². The summed E-state index contributed by atoms with van der Waals surface area (Å²) in [5.74, 6) is 0.149. The Kier molecular flexibility index (Phi) is 4.86. The first-order valence-electron chi connectivity index (χ1n) is 8.90. The average Bonchev–Trinajstić information content (AvgIpc) is 3.04. The molecule has 4 heteroatoms. The van der Waals surface area contributed by atoms with Crippen LogP contribution in [0.5, 0.6) is 0 Å². The van der Waals surface area contributed by atoms with Crippen molar-refractivity contribution in [3.63, 3.8) is 0 Å². The Morgan fingerprint density at radius 1 is 1.23 bits per heavy atom. The molecule has 2 aromatic carbocycles. The van der Waals surface area contributed by atoms with E-state index in [9.17, 15) is 4.79 Å². The summed E-state index contributed by atoms with van der Waals surface area (Å²) in [6, 6.07) is 14.1. The zero-order valence-electron chi connectivity index (χ0n) is 15.8. The molecule has 26 heavy (non-hydrogen) atoms. The summed E-state index contributed by atoms with van der Waals surface area (Å²) in [5, 5.41) is 2.17. The molecule has 1 heterocycles. The maximum absolute atomic E-state index is 12.9. The highest BCUT2D eigenvalue weighted by atomic mass is 16.6. The van der Waals surface area contributed by atoms with E-state index in [4.69, 9.17) is 14.5 Å². The number of carbonyl (C=O) groups is 1. The summed E-state index contributed by atoms with van der Waals surface area (Å²) >= 11 is 0. The van der Waals surface area contributed by atoms with Gasteiger partial charge < -0.3 is 9.47 Å². The lowest BCUT2D eigenvalue weighted by atomic mass is 9.96. The van der Waals surface area contributed by atoms with E-state index in [0.29, 0.717) is 12.3 Å². The molecule has 1 aliphatic rings. The maximum atomic E-state index is 12.9. The Bertz CT molecular complexity index is 871. The minimum absolute atomic E-state index is 0.185. The summed E-state index contributed by atoms with van der Waals surface area (Å²) in [6.07, 6.45) is 4.30. The third-order valence-corrected chi connectivity index (χ3v) is 4.25. The number of carbonyl (C=O) groups excluding carboxylic acids is 1. The molecule has 0 saturated heterocycles. The number of allylic oxidation sites excluding steroid dienone is 1. The highest BCUT2D eigenvalue weighted by molar-refractivity contribution is 6.09. The Morgan fingerprint density at radius 2 is 1.96 bits per heavy atom. The number of nitrogens with zero attached hydrogens (tertiary/aromatic N) is 1. The second-order valence-electron chi connectivity index (χ2n) is 7.54. The highest BCUT2D eigenvalue weighted by Gasteiger charge is 2.46. The van der Waals surface area contributed by atoms with Gasteiger partial charge in [-0.05, 0) is 44.5 Å². The Hall–Kier alpha value is -2.62. The van der Waals surface area contributed by atoms with Crippen LogP contribution in [-0.2, 0) is 14.3 Å². The van der Waals surface area contributed by atoms with Crippen LogP contribution in [0.3, 0.4) is 0 Å². The number of esters is 1. The lowest BCUT2D eigenvalue weighted by Crippen LogP contribution is -2.43. The van der Waals surface area contributed by atoms with E-state index in [1.165, 1.54) is 0 Å². The van der Waals surface area contributed by atoms with Gasteiger partial charge in [-0.1, -0.05) is 48.6 Å². The molecule has 0 saturated carbocycles. The summed E-state index contributed by atoms with van der Waals surface area (Å²) in [4.78, 5) is 17.6. The zero-order valence-corrected chi connectivity index (χ0v) is 15.8. The molecule has 0 aromatic heterocycles. The van der Waals surface area contributed by atoms with Crippen LogP contribution in [0.25, 0.3) is 10.8 Å². The van der Waals surface area contributed by atoms with Crippen LogP contribution < -0.4 is 0 Å². The number of rotatable bonds is 4. The number of aliphatic imine (C=N–C) groups is 1. The molecule has 0 radical (unpaired) electrons. The molecule has 0 amide bonds. The van der Waals surface area contributed by atoms with Gasteiger partial charge in [0.15, 0.2) is 5.54 Å². The molecule has 1 aliphatic heterocycles. The van der Waals surface area contributed by atoms with Crippen molar-refractivity contribution in [3.05, 3.63) is 60.2 Å². The van der Waals surface area contributed by atoms with Crippen molar-refractivity contribution in [2.75, 3.05) is 6.61 Å². The van der Waals surface area contributed by atoms with Gasteiger partial charge in [-0.2, -0.15) is 0 Å². The van der Waals surface area contributed by atoms with Crippen LogP contribution in [0.1, 0.15) is 39.7 Å². The average molecular weight is 351 g/mol. The zero-order chi connectivity index (χ0) is 18.8.